The zero-order chi connectivity index (χ0) is 7.28. The molecule has 0 aromatic carbocycles. The Hall–Kier alpha value is 0.250. The van der Waals surface area contributed by atoms with Crippen LogP contribution in [-0.2, 0) is 5.11 Å². The lowest BCUT2D eigenvalue weighted by atomic mass is 10.0. The van der Waals surface area contributed by atoms with Crippen LogP contribution in [0.4, 0.5) is 0 Å². The summed E-state index contributed by atoms with van der Waals surface area (Å²) in [5.41, 5.74) is 0. The molecule has 55 valence electrons. The number of hydrogen-bond acceptors (Lipinski definition) is 0. The van der Waals surface area contributed by atoms with Gasteiger partial charge in [0.2, 0.25) is 0 Å². The first-order chi connectivity index (χ1) is 4.18. The monoisotopic (exact) mass is 149 g/mol. The molecule has 0 heterocycles. The Morgan fingerprint density at radius 1 is 1.44 bits per heavy atom. The lowest BCUT2D eigenvalue weighted by Gasteiger charge is -2.09. The smallest absolute Gasteiger partial charge is 0.0953 e. The Balaban J connectivity index is 3.16. The van der Waals surface area contributed by atoms with Gasteiger partial charge in [-0.1, -0.05) is 13.8 Å². The molecule has 1 nitrogen and oxygen atoms in total. The van der Waals surface area contributed by atoms with E-state index in [0.717, 1.165) is 12.8 Å². The summed E-state index contributed by atoms with van der Waals surface area (Å²) in [6.07, 6.45) is 1.17. The van der Waals surface area contributed by atoms with Crippen molar-refractivity contribution in [2.75, 3.05) is 5.88 Å². The van der Waals surface area contributed by atoms with Gasteiger partial charge in [0.05, 0.1) is 6.10 Å². The number of alkyl halides is 1. The second-order valence-electron chi connectivity index (χ2n) is 2.61. The van der Waals surface area contributed by atoms with Gasteiger partial charge in [0, 0.05) is 5.88 Å². The van der Waals surface area contributed by atoms with E-state index in [2.05, 4.69) is 0 Å². The van der Waals surface area contributed by atoms with E-state index in [4.69, 9.17) is 11.6 Å². The molecule has 1 atom stereocenters. The standard InChI is InChI=1S/C7H14ClO/c1-6(2)7(9)4-3-5-8/h6-7H,3-5H2,1-2H3. The van der Waals surface area contributed by atoms with E-state index in [1.54, 1.807) is 0 Å². The molecule has 1 unspecified atom stereocenters. The highest BCUT2D eigenvalue weighted by molar-refractivity contribution is 6.17. The predicted molar refractivity (Wildman–Crippen MR) is 39.3 cm³/mol. The molecule has 0 aliphatic carbocycles. The van der Waals surface area contributed by atoms with E-state index in [1.807, 2.05) is 13.8 Å². The fourth-order valence-corrected chi connectivity index (χ4v) is 0.766. The molecule has 9 heavy (non-hydrogen) atoms. The first-order valence-corrected chi connectivity index (χ1v) is 3.93. The van der Waals surface area contributed by atoms with Crippen LogP contribution in [0.25, 0.3) is 0 Å². The largest absolute Gasteiger partial charge is 0.233 e. The second kappa shape index (κ2) is 5.07. The minimum Gasteiger partial charge on any atom is -0.233 e. The van der Waals surface area contributed by atoms with Gasteiger partial charge in [0.15, 0.2) is 0 Å². The minimum absolute atomic E-state index is 0.258. The van der Waals surface area contributed by atoms with Crippen LogP contribution in [0.5, 0.6) is 0 Å². The second-order valence-corrected chi connectivity index (χ2v) is 2.99. The van der Waals surface area contributed by atoms with Crippen LogP contribution in [0, 0.1) is 5.92 Å². The van der Waals surface area contributed by atoms with E-state index >= 15 is 0 Å². The molecule has 0 amide bonds. The van der Waals surface area contributed by atoms with Crippen LogP contribution in [0.1, 0.15) is 26.7 Å². The van der Waals surface area contributed by atoms with Crippen LogP contribution in [0.3, 0.4) is 0 Å². The first-order valence-electron chi connectivity index (χ1n) is 3.40. The molecule has 1 radical (unpaired) electrons. The van der Waals surface area contributed by atoms with Crippen LogP contribution < -0.4 is 0 Å². The summed E-state index contributed by atoms with van der Waals surface area (Å²) in [6, 6.07) is 0. The fourth-order valence-electron chi connectivity index (χ4n) is 0.612. The Labute approximate surface area is 62.0 Å². The summed E-state index contributed by atoms with van der Waals surface area (Å²) in [4.78, 5) is 0. The minimum atomic E-state index is -0.413. The van der Waals surface area contributed by atoms with Gasteiger partial charge in [-0.3, -0.25) is 0 Å². The van der Waals surface area contributed by atoms with Gasteiger partial charge in [0.1, 0.15) is 0 Å². The molecule has 0 bridgehead atoms. The molecule has 0 spiro atoms. The summed E-state index contributed by atoms with van der Waals surface area (Å²) >= 11 is 5.41. The van der Waals surface area contributed by atoms with E-state index in [1.165, 1.54) is 0 Å². The molecule has 0 fully saturated rings. The van der Waals surface area contributed by atoms with Gasteiger partial charge in [0.25, 0.3) is 0 Å². The Morgan fingerprint density at radius 2 is 2.00 bits per heavy atom. The van der Waals surface area contributed by atoms with Crippen molar-refractivity contribution in [2.45, 2.75) is 32.8 Å². The zero-order valence-electron chi connectivity index (χ0n) is 6.06. The van der Waals surface area contributed by atoms with Crippen LogP contribution in [0.15, 0.2) is 0 Å². The first kappa shape index (κ1) is 9.25. The van der Waals surface area contributed by atoms with Crippen molar-refractivity contribution >= 4 is 11.6 Å². The van der Waals surface area contributed by atoms with Gasteiger partial charge in [-0.2, -0.15) is 0 Å². The van der Waals surface area contributed by atoms with Crippen molar-refractivity contribution in [3.8, 4) is 0 Å². The van der Waals surface area contributed by atoms with Crippen molar-refractivity contribution in [3.63, 3.8) is 0 Å². The Morgan fingerprint density at radius 3 is 2.33 bits per heavy atom. The molecule has 0 aromatic rings. The average molecular weight is 150 g/mol. The molecule has 0 aromatic heterocycles. The van der Waals surface area contributed by atoms with E-state index in [-0.39, 0.29) is 5.92 Å². The average Bonchev–Trinajstić information content (AvgIpc) is 1.82. The topological polar surface area (TPSA) is 19.9 Å². The predicted octanol–water partition coefficient (Wildman–Crippen LogP) is 2.46. The van der Waals surface area contributed by atoms with Gasteiger partial charge in [-0.05, 0) is 18.8 Å². The molecular weight excluding hydrogens is 136 g/mol. The van der Waals surface area contributed by atoms with Crippen LogP contribution >= 0.6 is 11.6 Å². The van der Waals surface area contributed by atoms with E-state index in [9.17, 15) is 5.11 Å². The maximum absolute atomic E-state index is 10.9. The summed E-state index contributed by atoms with van der Waals surface area (Å²) in [6.45, 7) is 3.90. The molecular formula is C7H14ClO. The number of rotatable bonds is 4. The highest BCUT2D eigenvalue weighted by atomic mass is 35.5. The van der Waals surface area contributed by atoms with Gasteiger partial charge < -0.3 is 0 Å². The third-order valence-corrected chi connectivity index (χ3v) is 1.63. The van der Waals surface area contributed by atoms with Crippen molar-refractivity contribution in [2.24, 2.45) is 5.92 Å². The lowest BCUT2D eigenvalue weighted by molar-refractivity contribution is 0.0423. The van der Waals surface area contributed by atoms with Crippen LogP contribution in [0.2, 0.25) is 0 Å². The van der Waals surface area contributed by atoms with Crippen molar-refractivity contribution in [1.29, 1.82) is 0 Å². The SMILES string of the molecule is CC(C)C([O])CCCCl. The fraction of sp³-hybridized carbons (Fsp3) is 1.00. The Kier molecular flexibility index (Phi) is 5.21. The summed E-state index contributed by atoms with van der Waals surface area (Å²) in [5.74, 6) is 0.874. The molecule has 0 saturated heterocycles. The maximum Gasteiger partial charge on any atom is 0.0953 e. The van der Waals surface area contributed by atoms with Gasteiger partial charge >= 0.3 is 0 Å². The highest BCUT2D eigenvalue weighted by Crippen LogP contribution is 2.08. The normalized spacial score (nSPS) is 14.3. The molecule has 0 saturated carbocycles. The number of hydrogen-bond donors (Lipinski definition) is 0. The maximum atomic E-state index is 10.9. The molecule has 0 rings (SSSR count). The van der Waals surface area contributed by atoms with Gasteiger partial charge in [-0.15, -0.1) is 11.6 Å². The number of halogens is 1. The van der Waals surface area contributed by atoms with E-state index < -0.39 is 6.10 Å². The van der Waals surface area contributed by atoms with Gasteiger partial charge in [-0.25, -0.2) is 5.11 Å². The summed E-state index contributed by atoms with van der Waals surface area (Å²) < 4.78 is 0. The molecule has 0 N–H and O–H groups in total. The zero-order valence-corrected chi connectivity index (χ0v) is 6.82. The Bertz CT molecular complexity index is 63.9. The third kappa shape index (κ3) is 4.73. The quantitative estimate of drug-likeness (QED) is 0.548. The third-order valence-electron chi connectivity index (χ3n) is 1.37. The molecule has 2 heteroatoms. The van der Waals surface area contributed by atoms with Crippen molar-refractivity contribution in [1.82, 2.24) is 0 Å². The highest BCUT2D eigenvalue weighted by Gasteiger charge is 2.09. The van der Waals surface area contributed by atoms with E-state index in [0.29, 0.717) is 5.88 Å². The van der Waals surface area contributed by atoms with Crippen molar-refractivity contribution in [3.05, 3.63) is 0 Å². The molecule has 0 aliphatic rings. The van der Waals surface area contributed by atoms with Crippen LogP contribution in [-0.4, -0.2) is 12.0 Å². The lowest BCUT2D eigenvalue weighted by Crippen LogP contribution is -2.12. The van der Waals surface area contributed by atoms with Crippen molar-refractivity contribution < 1.29 is 5.11 Å². The summed E-state index contributed by atoms with van der Waals surface area (Å²) in [5, 5.41) is 10.9. The molecule has 0 aliphatic heterocycles. The summed E-state index contributed by atoms with van der Waals surface area (Å²) in [7, 11) is 0.